The molecule has 0 unspecified atom stereocenters. The van der Waals surface area contributed by atoms with Gasteiger partial charge in [0.2, 0.25) is 11.8 Å². The summed E-state index contributed by atoms with van der Waals surface area (Å²) in [6.07, 6.45) is 0.459. The van der Waals surface area contributed by atoms with Crippen molar-refractivity contribution < 1.29 is 32.2 Å². The minimum atomic E-state index is -4.44. The zero-order chi connectivity index (χ0) is 20.9. The van der Waals surface area contributed by atoms with Crippen LogP contribution in [0.4, 0.5) is 13.2 Å². The third kappa shape index (κ3) is 6.90. The van der Waals surface area contributed by atoms with Crippen LogP contribution in [0.5, 0.6) is 0 Å². The van der Waals surface area contributed by atoms with Gasteiger partial charge in [-0.25, -0.2) is 0 Å². The molecule has 2 aliphatic heterocycles. The topological polar surface area (TPSA) is 67.9 Å². The van der Waals surface area contributed by atoms with Gasteiger partial charge in [-0.2, -0.15) is 13.2 Å². The summed E-state index contributed by atoms with van der Waals surface area (Å²) in [7, 11) is 0. The van der Waals surface area contributed by atoms with Crippen LogP contribution in [0.3, 0.4) is 0 Å². The highest BCUT2D eigenvalue weighted by Gasteiger charge is 2.39. The van der Waals surface area contributed by atoms with Gasteiger partial charge in [0.1, 0.15) is 12.2 Å². The highest BCUT2D eigenvalue weighted by atomic mass is 32.2. The van der Waals surface area contributed by atoms with Gasteiger partial charge in [0.15, 0.2) is 0 Å². The number of fused-ring (bicyclic) bond motifs is 1. The van der Waals surface area contributed by atoms with Gasteiger partial charge in [0.05, 0.1) is 25.0 Å². The Morgan fingerprint density at radius 2 is 1.72 bits per heavy atom. The number of nitrogens with one attached hydrogen (secondary N) is 1. The summed E-state index contributed by atoms with van der Waals surface area (Å²) < 4.78 is 48.0. The number of likely N-dealkylation sites (tertiary alicyclic amines) is 1. The fourth-order valence-electron chi connectivity index (χ4n) is 3.35. The highest BCUT2D eigenvalue weighted by molar-refractivity contribution is 8.00. The van der Waals surface area contributed by atoms with Crippen LogP contribution >= 0.6 is 11.8 Å². The number of ether oxygens (including phenoxy) is 2. The number of aryl methyl sites for hydroxylation is 1. The van der Waals surface area contributed by atoms with Gasteiger partial charge in [-0.15, -0.1) is 0 Å². The first-order chi connectivity index (χ1) is 13.8. The molecule has 2 heterocycles. The van der Waals surface area contributed by atoms with Crippen molar-refractivity contribution in [2.24, 2.45) is 0 Å². The lowest BCUT2D eigenvalue weighted by atomic mass is 10.1. The van der Waals surface area contributed by atoms with Crippen molar-refractivity contribution in [1.82, 2.24) is 10.2 Å². The molecule has 2 atom stereocenters. The first kappa shape index (κ1) is 21.9. The van der Waals surface area contributed by atoms with Crippen molar-refractivity contribution in [2.75, 3.05) is 32.1 Å². The predicted molar refractivity (Wildman–Crippen MR) is 101 cm³/mol. The molecule has 0 aliphatic carbocycles. The second-order valence-corrected chi connectivity index (χ2v) is 8.07. The van der Waals surface area contributed by atoms with Crippen LogP contribution in [0.1, 0.15) is 12.0 Å². The Morgan fingerprint density at radius 1 is 1.10 bits per heavy atom. The molecule has 0 radical (unpaired) electrons. The van der Waals surface area contributed by atoms with Crippen LogP contribution in [0.2, 0.25) is 0 Å². The number of nitrogens with zero attached hydrogens (tertiary/aromatic N) is 1. The van der Waals surface area contributed by atoms with Crippen molar-refractivity contribution in [3.63, 3.8) is 0 Å². The minimum Gasteiger partial charge on any atom is -0.371 e. The van der Waals surface area contributed by atoms with Crippen LogP contribution in [0, 0.1) is 0 Å². The lowest BCUT2D eigenvalue weighted by Crippen LogP contribution is -2.42. The molecule has 0 bridgehead atoms. The Kier molecular flexibility index (Phi) is 7.42. The molecular weight excluding hydrogens is 409 g/mol. The Morgan fingerprint density at radius 3 is 2.31 bits per heavy atom. The first-order valence-corrected chi connectivity index (χ1v) is 10.3. The van der Waals surface area contributed by atoms with Crippen LogP contribution in [0.15, 0.2) is 30.3 Å². The highest BCUT2D eigenvalue weighted by Crippen LogP contribution is 2.29. The van der Waals surface area contributed by atoms with Crippen LogP contribution in [-0.2, 0) is 25.5 Å². The largest absolute Gasteiger partial charge is 0.442 e. The molecule has 0 aromatic heterocycles. The minimum absolute atomic E-state index is 0.0307. The van der Waals surface area contributed by atoms with Crippen molar-refractivity contribution >= 4 is 23.6 Å². The van der Waals surface area contributed by atoms with Crippen molar-refractivity contribution in [3.8, 4) is 0 Å². The number of thioether (sulfide) groups is 1. The quantitative estimate of drug-likeness (QED) is 0.745. The van der Waals surface area contributed by atoms with E-state index in [1.165, 1.54) is 0 Å². The Hall–Kier alpha value is -1.78. The third-order valence-corrected chi connectivity index (χ3v) is 5.53. The average molecular weight is 432 g/mol. The van der Waals surface area contributed by atoms with Crippen molar-refractivity contribution in [2.45, 2.75) is 36.6 Å². The summed E-state index contributed by atoms with van der Waals surface area (Å²) >= 11 is -0.379. The maximum atomic E-state index is 12.5. The standard InChI is InChI=1S/C19H23F3N2O4S/c20-19(21,22)29-12-17(25)23-14-10-27-15-8-24(9-16(15)28-11-14)18(26)7-6-13-4-2-1-3-5-13/h1-5,14-16H,6-12H2,(H,23,25)/t15-,16-/m0/s1. The fourth-order valence-corrected chi connectivity index (χ4v) is 3.73. The molecule has 6 nitrogen and oxygen atoms in total. The molecule has 2 saturated heterocycles. The van der Waals surface area contributed by atoms with E-state index in [1.807, 2.05) is 30.3 Å². The molecule has 3 rings (SSSR count). The molecule has 1 aromatic rings. The second-order valence-electron chi connectivity index (χ2n) is 7.03. The number of carbonyl (C=O) groups excluding carboxylic acids is 2. The monoisotopic (exact) mass is 432 g/mol. The van der Waals surface area contributed by atoms with Gasteiger partial charge < -0.3 is 19.7 Å². The van der Waals surface area contributed by atoms with E-state index in [0.29, 0.717) is 25.9 Å². The molecule has 10 heteroatoms. The SMILES string of the molecule is O=C(CSC(F)(F)F)NC1CO[C@H]2CN(C(=O)CCc3ccccc3)C[C@@H]2OC1. The number of carbonyl (C=O) groups is 2. The van der Waals surface area contributed by atoms with Gasteiger partial charge in [0, 0.05) is 19.5 Å². The lowest BCUT2D eigenvalue weighted by molar-refractivity contribution is -0.131. The van der Waals surface area contributed by atoms with E-state index >= 15 is 0 Å². The van der Waals surface area contributed by atoms with E-state index < -0.39 is 23.2 Å². The molecule has 2 fully saturated rings. The van der Waals surface area contributed by atoms with Gasteiger partial charge in [-0.05, 0) is 23.7 Å². The van der Waals surface area contributed by atoms with E-state index in [2.05, 4.69) is 5.32 Å². The smallest absolute Gasteiger partial charge is 0.371 e. The molecule has 2 aliphatic rings. The van der Waals surface area contributed by atoms with Gasteiger partial charge in [-0.3, -0.25) is 9.59 Å². The number of benzene rings is 1. The number of alkyl halides is 3. The van der Waals surface area contributed by atoms with Crippen molar-refractivity contribution in [1.29, 1.82) is 0 Å². The number of hydrogen-bond acceptors (Lipinski definition) is 5. The first-order valence-electron chi connectivity index (χ1n) is 9.35. The molecule has 0 spiro atoms. The zero-order valence-corrected chi connectivity index (χ0v) is 16.5. The third-order valence-electron chi connectivity index (χ3n) is 4.79. The Balaban J connectivity index is 1.41. The summed E-state index contributed by atoms with van der Waals surface area (Å²) in [5, 5.41) is 2.50. The number of rotatable bonds is 6. The summed E-state index contributed by atoms with van der Waals surface area (Å²) in [6.45, 7) is 1.08. The summed E-state index contributed by atoms with van der Waals surface area (Å²) in [6, 6.07) is 9.26. The summed E-state index contributed by atoms with van der Waals surface area (Å²) in [5.74, 6) is -1.38. The van der Waals surface area contributed by atoms with Gasteiger partial charge >= 0.3 is 5.51 Å². The van der Waals surface area contributed by atoms with Gasteiger partial charge in [-0.1, -0.05) is 30.3 Å². The van der Waals surface area contributed by atoms with Gasteiger partial charge in [0.25, 0.3) is 0 Å². The molecule has 1 aromatic carbocycles. The maximum Gasteiger partial charge on any atom is 0.442 e. The molecule has 1 N–H and O–H groups in total. The maximum absolute atomic E-state index is 12.5. The number of hydrogen-bond donors (Lipinski definition) is 1. The Labute approximate surface area is 171 Å². The zero-order valence-electron chi connectivity index (χ0n) is 15.7. The second kappa shape index (κ2) is 9.82. The van der Waals surface area contributed by atoms with E-state index in [0.717, 1.165) is 5.56 Å². The fraction of sp³-hybridized carbons (Fsp3) is 0.579. The number of halogens is 3. The lowest BCUT2D eigenvalue weighted by Gasteiger charge is -2.19. The predicted octanol–water partition coefficient (Wildman–Crippen LogP) is 1.98. The van der Waals surface area contributed by atoms with E-state index in [9.17, 15) is 22.8 Å². The molecule has 160 valence electrons. The molecular formula is C19H23F3N2O4S. The average Bonchev–Trinajstić information content (AvgIpc) is 3.01. The Bertz CT molecular complexity index is 688. The summed E-state index contributed by atoms with van der Waals surface area (Å²) in [4.78, 5) is 25.8. The molecule has 2 amide bonds. The van der Waals surface area contributed by atoms with E-state index in [-0.39, 0.29) is 43.1 Å². The molecule has 0 saturated carbocycles. The number of amides is 2. The normalized spacial score (nSPS) is 22.8. The van der Waals surface area contributed by atoms with Crippen LogP contribution in [-0.4, -0.2) is 72.5 Å². The van der Waals surface area contributed by atoms with Crippen LogP contribution < -0.4 is 5.32 Å². The van der Waals surface area contributed by atoms with E-state index in [1.54, 1.807) is 4.90 Å². The van der Waals surface area contributed by atoms with E-state index in [4.69, 9.17) is 9.47 Å². The summed E-state index contributed by atoms with van der Waals surface area (Å²) in [5.41, 5.74) is -3.34. The van der Waals surface area contributed by atoms with Crippen molar-refractivity contribution in [3.05, 3.63) is 35.9 Å². The van der Waals surface area contributed by atoms with Crippen LogP contribution in [0.25, 0.3) is 0 Å². The molecule has 29 heavy (non-hydrogen) atoms.